The molecule has 0 bridgehead atoms. The van der Waals surface area contributed by atoms with E-state index in [4.69, 9.17) is 10.3 Å². The molecule has 0 aromatic heterocycles. The van der Waals surface area contributed by atoms with E-state index in [0.717, 1.165) is 5.56 Å². The van der Waals surface area contributed by atoms with E-state index in [-0.39, 0.29) is 6.54 Å². The zero-order valence-corrected chi connectivity index (χ0v) is 10.7. The molecular weight excluding hydrogens is 256 g/mol. The van der Waals surface area contributed by atoms with Crippen LogP contribution in [-0.2, 0) is 16.5 Å². The Labute approximate surface area is 107 Å². The van der Waals surface area contributed by atoms with E-state index < -0.39 is 28.1 Å². The number of benzene rings is 1. The largest absolute Gasteiger partial charge is 0.377 e. The SMILES string of the molecule is N[C@@H](Cc1ccccc1)C(O)NCCS(=O)(=O)O. The molecule has 0 aliphatic heterocycles. The lowest BCUT2D eigenvalue weighted by Crippen LogP contribution is -2.47. The van der Waals surface area contributed by atoms with Crippen LogP contribution in [-0.4, -0.2) is 42.6 Å². The molecule has 1 rings (SSSR count). The average molecular weight is 274 g/mol. The van der Waals surface area contributed by atoms with Gasteiger partial charge in [0.15, 0.2) is 0 Å². The molecule has 1 aromatic carbocycles. The Kier molecular flexibility index (Phi) is 5.70. The van der Waals surface area contributed by atoms with Crippen LogP contribution in [0.15, 0.2) is 30.3 Å². The van der Waals surface area contributed by atoms with Crippen molar-refractivity contribution < 1.29 is 18.1 Å². The highest BCUT2D eigenvalue weighted by atomic mass is 32.2. The normalized spacial score (nSPS) is 15.3. The van der Waals surface area contributed by atoms with E-state index in [0.29, 0.717) is 6.42 Å². The molecule has 0 saturated carbocycles. The van der Waals surface area contributed by atoms with E-state index in [1.807, 2.05) is 30.3 Å². The van der Waals surface area contributed by atoms with Crippen LogP contribution in [0, 0.1) is 0 Å². The molecule has 0 aliphatic rings. The van der Waals surface area contributed by atoms with Gasteiger partial charge in [0.2, 0.25) is 0 Å². The number of aliphatic hydroxyl groups excluding tert-OH is 1. The lowest BCUT2D eigenvalue weighted by molar-refractivity contribution is 0.111. The summed E-state index contributed by atoms with van der Waals surface area (Å²) in [5, 5.41) is 12.2. The van der Waals surface area contributed by atoms with Gasteiger partial charge in [-0.3, -0.25) is 9.87 Å². The van der Waals surface area contributed by atoms with Crippen molar-refractivity contribution in [2.45, 2.75) is 18.7 Å². The predicted octanol–water partition coefficient (Wildman–Crippen LogP) is -0.648. The van der Waals surface area contributed by atoms with Crippen LogP contribution in [0.2, 0.25) is 0 Å². The van der Waals surface area contributed by atoms with Crippen molar-refractivity contribution in [3.8, 4) is 0 Å². The number of aliphatic hydroxyl groups is 1. The quantitative estimate of drug-likeness (QED) is 0.388. The number of hydrogen-bond acceptors (Lipinski definition) is 5. The maximum Gasteiger partial charge on any atom is 0.266 e. The second kappa shape index (κ2) is 6.81. The summed E-state index contributed by atoms with van der Waals surface area (Å²) in [7, 11) is -4.02. The molecule has 0 radical (unpaired) electrons. The molecular formula is C11H18N2O4S. The first-order valence-electron chi connectivity index (χ1n) is 5.54. The summed E-state index contributed by atoms with van der Waals surface area (Å²) >= 11 is 0. The molecule has 0 saturated heterocycles. The molecule has 6 nitrogen and oxygen atoms in total. The van der Waals surface area contributed by atoms with E-state index >= 15 is 0 Å². The number of hydrogen-bond donors (Lipinski definition) is 4. The Morgan fingerprint density at radius 3 is 2.44 bits per heavy atom. The zero-order valence-electron chi connectivity index (χ0n) is 9.86. The molecule has 0 fully saturated rings. The van der Waals surface area contributed by atoms with Crippen LogP contribution in [0.4, 0.5) is 0 Å². The minimum absolute atomic E-state index is 0.0531. The summed E-state index contributed by atoms with van der Waals surface area (Å²) in [4.78, 5) is 0. The van der Waals surface area contributed by atoms with Crippen LogP contribution >= 0.6 is 0 Å². The van der Waals surface area contributed by atoms with Gasteiger partial charge in [0.05, 0.1) is 5.75 Å². The Hall–Kier alpha value is -0.990. The van der Waals surface area contributed by atoms with Gasteiger partial charge in [-0.25, -0.2) is 0 Å². The number of nitrogens with two attached hydrogens (primary N) is 1. The molecule has 1 unspecified atom stereocenters. The van der Waals surface area contributed by atoms with Crippen LogP contribution in [0.25, 0.3) is 0 Å². The van der Waals surface area contributed by atoms with Gasteiger partial charge in [0, 0.05) is 12.6 Å². The highest BCUT2D eigenvalue weighted by molar-refractivity contribution is 7.85. The lowest BCUT2D eigenvalue weighted by Gasteiger charge is -2.19. The maximum atomic E-state index is 10.5. The summed E-state index contributed by atoms with van der Waals surface area (Å²) in [6.45, 7) is -0.0531. The second-order valence-electron chi connectivity index (χ2n) is 4.04. The molecule has 102 valence electrons. The molecule has 5 N–H and O–H groups in total. The van der Waals surface area contributed by atoms with Gasteiger partial charge in [0.1, 0.15) is 6.23 Å². The van der Waals surface area contributed by atoms with E-state index in [1.54, 1.807) is 0 Å². The second-order valence-corrected chi connectivity index (χ2v) is 5.61. The minimum atomic E-state index is -4.02. The molecule has 2 atom stereocenters. The Morgan fingerprint density at radius 1 is 1.28 bits per heavy atom. The first kappa shape index (κ1) is 15.1. The predicted molar refractivity (Wildman–Crippen MR) is 68.5 cm³/mol. The summed E-state index contributed by atoms with van der Waals surface area (Å²) in [6, 6.07) is 8.87. The van der Waals surface area contributed by atoms with Gasteiger partial charge in [-0.15, -0.1) is 0 Å². The molecule has 0 amide bonds. The van der Waals surface area contributed by atoms with Gasteiger partial charge in [-0.05, 0) is 12.0 Å². The molecule has 0 spiro atoms. The van der Waals surface area contributed by atoms with Crippen LogP contribution in [0.5, 0.6) is 0 Å². The van der Waals surface area contributed by atoms with Gasteiger partial charge >= 0.3 is 0 Å². The first-order chi connectivity index (χ1) is 8.38. The van der Waals surface area contributed by atoms with Crippen molar-refractivity contribution in [2.75, 3.05) is 12.3 Å². The third-order valence-electron chi connectivity index (χ3n) is 2.43. The van der Waals surface area contributed by atoms with Crippen LogP contribution < -0.4 is 11.1 Å². The van der Waals surface area contributed by atoms with Crippen molar-refractivity contribution >= 4 is 10.1 Å². The van der Waals surface area contributed by atoms with Gasteiger partial charge in [-0.1, -0.05) is 30.3 Å². The number of nitrogens with one attached hydrogen (secondary N) is 1. The first-order valence-corrected chi connectivity index (χ1v) is 7.15. The van der Waals surface area contributed by atoms with Crippen molar-refractivity contribution in [2.24, 2.45) is 5.73 Å². The average Bonchev–Trinajstić information content (AvgIpc) is 2.28. The summed E-state index contributed by atoms with van der Waals surface area (Å²) < 4.78 is 29.5. The Balaban J connectivity index is 2.35. The van der Waals surface area contributed by atoms with Gasteiger partial charge in [-0.2, -0.15) is 8.42 Å². The molecule has 0 aliphatic carbocycles. The zero-order chi connectivity index (χ0) is 13.6. The maximum absolute atomic E-state index is 10.5. The van der Waals surface area contributed by atoms with Crippen LogP contribution in [0.3, 0.4) is 0 Å². The highest BCUT2D eigenvalue weighted by Crippen LogP contribution is 2.03. The third kappa shape index (κ3) is 6.08. The van der Waals surface area contributed by atoms with E-state index in [2.05, 4.69) is 5.32 Å². The van der Waals surface area contributed by atoms with Crippen LogP contribution in [0.1, 0.15) is 5.56 Å². The fourth-order valence-corrected chi connectivity index (χ4v) is 1.86. The fourth-order valence-electron chi connectivity index (χ4n) is 1.49. The molecule has 18 heavy (non-hydrogen) atoms. The minimum Gasteiger partial charge on any atom is -0.377 e. The smallest absolute Gasteiger partial charge is 0.266 e. The monoisotopic (exact) mass is 274 g/mol. The molecule has 7 heteroatoms. The molecule has 0 heterocycles. The van der Waals surface area contributed by atoms with Gasteiger partial charge in [0.25, 0.3) is 10.1 Å². The molecule has 1 aromatic rings. The van der Waals surface area contributed by atoms with Crippen molar-refractivity contribution in [3.63, 3.8) is 0 Å². The fraction of sp³-hybridized carbons (Fsp3) is 0.455. The van der Waals surface area contributed by atoms with Crippen molar-refractivity contribution in [1.29, 1.82) is 0 Å². The third-order valence-corrected chi connectivity index (χ3v) is 3.15. The van der Waals surface area contributed by atoms with E-state index in [1.165, 1.54) is 0 Å². The summed E-state index contributed by atoms with van der Waals surface area (Å²) in [5.41, 5.74) is 6.76. The van der Waals surface area contributed by atoms with Gasteiger partial charge < -0.3 is 10.8 Å². The topological polar surface area (TPSA) is 113 Å². The number of rotatable bonds is 7. The Bertz CT molecular complexity index is 449. The summed E-state index contributed by atoms with van der Waals surface area (Å²) in [5.74, 6) is -0.456. The standard InChI is InChI=1S/C11H18N2O4S/c12-10(8-9-4-2-1-3-5-9)11(14)13-6-7-18(15,16)17/h1-5,10-11,13-14H,6-8,12H2,(H,15,16,17)/t10-,11?/m0/s1. The van der Waals surface area contributed by atoms with Crippen molar-refractivity contribution in [3.05, 3.63) is 35.9 Å². The highest BCUT2D eigenvalue weighted by Gasteiger charge is 2.15. The van der Waals surface area contributed by atoms with Crippen molar-refractivity contribution in [1.82, 2.24) is 5.32 Å². The lowest BCUT2D eigenvalue weighted by atomic mass is 10.1. The summed E-state index contributed by atoms with van der Waals surface area (Å²) in [6.07, 6.45) is -0.548. The van der Waals surface area contributed by atoms with E-state index in [9.17, 15) is 13.5 Å². The Morgan fingerprint density at radius 2 is 1.89 bits per heavy atom.